The molecule has 0 radical (unpaired) electrons. The average Bonchev–Trinajstić information content (AvgIpc) is 3.48. The molecule has 0 saturated carbocycles. The highest BCUT2D eigenvalue weighted by molar-refractivity contribution is 5.76. The molecule has 0 fully saturated rings. The summed E-state index contributed by atoms with van der Waals surface area (Å²) in [6, 6.07) is -0.622. The van der Waals surface area contributed by atoms with Gasteiger partial charge in [-0.2, -0.15) is 0 Å². The summed E-state index contributed by atoms with van der Waals surface area (Å²) in [4.78, 5) is 24.6. The maximum atomic E-state index is 12.5. The number of carbonyl (C=O) groups is 2. The van der Waals surface area contributed by atoms with Crippen LogP contribution in [0.3, 0.4) is 0 Å². The highest BCUT2D eigenvalue weighted by Crippen LogP contribution is 2.20. The summed E-state index contributed by atoms with van der Waals surface area (Å²) in [6.45, 7) is 4.95. The molecule has 0 aliphatic rings. The van der Waals surface area contributed by atoms with Crippen LogP contribution in [0.4, 0.5) is 0 Å². The Morgan fingerprint density at radius 2 is 0.561 bits per heavy atom. The second-order valence-corrected chi connectivity index (χ2v) is 26.4. The Kier molecular flexibility index (Phi) is 70.8. The van der Waals surface area contributed by atoms with Crippen LogP contribution < -0.4 is 5.32 Å². The molecule has 0 aliphatic heterocycles. The van der Waals surface area contributed by atoms with E-state index in [0.29, 0.717) is 19.4 Å². The van der Waals surface area contributed by atoms with Gasteiger partial charge in [-0.05, 0) is 32.1 Å². The van der Waals surface area contributed by atoms with E-state index in [1.54, 1.807) is 6.08 Å². The number of allylic oxidation sites excluding steroid dienone is 1. The molecular weight excluding hydrogens is 1010 g/mol. The number of amides is 1. The van der Waals surface area contributed by atoms with Crippen LogP contribution in [0.15, 0.2) is 12.2 Å². The Morgan fingerprint density at radius 1 is 0.329 bits per heavy atom. The SMILES string of the molecule is CCCCCCCCCCCC/C=C/C(O)C(CO)NC(=O)CCCCCCCCCCCCCCCCCCCCCCCCCCCCCCCCCCCCCOC(=O)CCCCCCCCCCCCCCCCCCCC. The van der Waals surface area contributed by atoms with Crippen molar-refractivity contribution in [2.24, 2.45) is 0 Å². The smallest absolute Gasteiger partial charge is 0.305 e. The number of hydrogen-bond donors (Lipinski definition) is 3. The first kappa shape index (κ1) is 80.6. The number of hydrogen-bond acceptors (Lipinski definition) is 5. The van der Waals surface area contributed by atoms with E-state index in [1.807, 2.05) is 6.08 Å². The second kappa shape index (κ2) is 72.1. The second-order valence-electron chi connectivity index (χ2n) is 26.4. The Balaban J connectivity index is 3.28. The van der Waals surface area contributed by atoms with Gasteiger partial charge in [0.15, 0.2) is 0 Å². The van der Waals surface area contributed by atoms with Crippen LogP contribution in [-0.4, -0.2) is 47.4 Å². The molecule has 6 heteroatoms. The van der Waals surface area contributed by atoms with Gasteiger partial charge in [0.1, 0.15) is 0 Å². The summed E-state index contributed by atoms with van der Waals surface area (Å²) in [5.74, 6) is -0.0331. The first-order chi connectivity index (χ1) is 40.5. The van der Waals surface area contributed by atoms with Crippen molar-refractivity contribution in [2.45, 2.75) is 450 Å². The van der Waals surface area contributed by atoms with Crippen molar-refractivity contribution in [1.82, 2.24) is 5.32 Å². The number of nitrogens with one attached hydrogen (secondary N) is 1. The van der Waals surface area contributed by atoms with Crippen LogP contribution in [0.5, 0.6) is 0 Å². The van der Waals surface area contributed by atoms with Crippen LogP contribution in [0.1, 0.15) is 438 Å². The van der Waals surface area contributed by atoms with Crippen LogP contribution in [0.2, 0.25) is 0 Å². The maximum absolute atomic E-state index is 12.5. The Morgan fingerprint density at radius 3 is 0.829 bits per heavy atom. The van der Waals surface area contributed by atoms with E-state index >= 15 is 0 Å². The minimum atomic E-state index is -0.839. The van der Waals surface area contributed by atoms with Crippen LogP contribution in [0.25, 0.3) is 0 Å². The molecular formula is C76H149NO5. The summed E-state index contributed by atoms with van der Waals surface area (Å²) in [5.41, 5.74) is 0. The standard InChI is InChI=1S/C76H149NO5/c1-3-5-7-9-11-13-15-17-18-19-40-43-46-50-54-58-62-66-70-76(81)82-71-67-63-59-55-51-47-44-41-38-36-34-32-30-28-26-24-22-20-21-23-25-27-29-31-33-35-37-39-42-45-49-53-57-61-65-69-75(80)77-73(72-78)74(79)68-64-60-56-52-48-16-14-12-10-8-6-4-2/h64,68,73-74,78-79H,3-63,65-67,69-72H2,1-2H3,(H,77,80)/b68-64+. The van der Waals surface area contributed by atoms with E-state index in [-0.39, 0.29) is 18.5 Å². The van der Waals surface area contributed by atoms with Gasteiger partial charge in [-0.25, -0.2) is 0 Å². The molecule has 0 spiro atoms. The van der Waals surface area contributed by atoms with E-state index in [9.17, 15) is 19.8 Å². The summed E-state index contributed by atoms with van der Waals surface area (Å²) in [5, 5.41) is 23.1. The lowest BCUT2D eigenvalue weighted by Crippen LogP contribution is -2.45. The number of carbonyl (C=O) groups excluding carboxylic acids is 2. The predicted molar refractivity (Wildman–Crippen MR) is 361 cm³/mol. The summed E-state index contributed by atoms with van der Waals surface area (Å²) in [7, 11) is 0. The number of rotatable bonds is 72. The molecule has 1 amide bonds. The molecule has 3 N–H and O–H groups in total. The van der Waals surface area contributed by atoms with Gasteiger partial charge in [-0.1, -0.05) is 405 Å². The number of aliphatic hydroxyl groups is 2. The molecule has 488 valence electrons. The van der Waals surface area contributed by atoms with Crippen molar-refractivity contribution in [3.8, 4) is 0 Å². The van der Waals surface area contributed by atoms with Crippen molar-refractivity contribution in [1.29, 1.82) is 0 Å². The molecule has 0 rings (SSSR count). The number of ether oxygens (including phenoxy) is 1. The topological polar surface area (TPSA) is 95.9 Å². The predicted octanol–water partition coefficient (Wildman–Crippen LogP) is 24.7. The molecule has 0 bridgehead atoms. The van der Waals surface area contributed by atoms with Crippen LogP contribution >= 0.6 is 0 Å². The molecule has 2 atom stereocenters. The van der Waals surface area contributed by atoms with Gasteiger partial charge < -0.3 is 20.3 Å². The molecule has 2 unspecified atom stereocenters. The molecule has 0 saturated heterocycles. The van der Waals surface area contributed by atoms with Crippen molar-refractivity contribution in [3.05, 3.63) is 12.2 Å². The lowest BCUT2D eigenvalue weighted by molar-refractivity contribution is -0.143. The monoisotopic (exact) mass is 1160 g/mol. The van der Waals surface area contributed by atoms with Crippen molar-refractivity contribution < 1.29 is 24.5 Å². The molecule has 0 aromatic heterocycles. The zero-order valence-electron chi connectivity index (χ0n) is 56.0. The van der Waals surface area contributed by atoms with Crippen LogP contribution in [-0.2, 0) is 14.3 Å². The van der Waals surface area contributed by atoms with Crippen molar-refractivity contribution in [2.75, 3.05) is 13.2 Å². The Bertz CT molecular complexity index is 1240. The molecule has 0 heterocycles. The van der Waals surface area contributed by atoms with Gasteiger partial charge in [-0.15, -0.1) is 0 Å². The van der Waals surface area contributed by atoms with Crippen molar-refractivity contribution in [3.63, 3.8) is 0 Å². The lowest BCUT2D eigenvalue weighted by Gasteiger charge is -2.20. The van der Waals surface area contributed by atoms with Gasteiger partial charge in [-0.3, -0.25) is 9.59 Å². The summed E-state index contributed by atoms with van der Waals surface area (Å²) < 4.78 is 5.52. The Labute approximate surface area is 514 Å². The average molecular weight is 1160 g/mol. The van der Waals surface area contributed by atoms with Crippen LogP contribution in [0, 0.1) is 0 Å². The molecule has 0 aromatic carbocycles. The quantitative estimate of drug-likeness (QED) is 0.0320. The lowest BCUT2D eigenvalue weighted by atomic mass is 10.0. The van der Waals surface area contributed by atoms with Gasteiger partial charge in [0.25, 0.3) is 0 Å². The largest absolute Gasteiger partial charge is 0.466 e. The van der Waals surface area contributed by atoms with Gasteiger partial charge in [0.2, 0.25) is 5.91 Å². The van der Waals surface area contributed by atoms with Gasteiger partial charge in [0, 0.05) is 12.8 Å². The van der Waals surface area contributed by atoms with E-state index in [4.69, 9.17) is 4.74 Å². The van der Waals surface area contributed by atoms with E-state index in [1.165, 1.54) is 372 Å². The summed E-state index contributed by atoms with van der Waals surface area (Å²) in [6.07, 6.45) is 90.5. The maximum Gasteiger partial charge on any atom is 0.305 e. The third kappa shape index (κ3) is 67.7. The van der Waals surface area contributed by atoms with Gasteiger partial charge >= 0.3 is 5.97 Å². The van der Waals surface area contributed by atoms with E-state index in [2.05, 4.69) is 19.2 Å². The first-order valence-corrected chi connectivity index (χ1v) is 38.0. The minimum absolute atomic E-state index is 0.0278. The zero-order valence-corrected chi connectivity index (χ0v) is 56.0. The molecule has 82 heavy (non-hydrogen) atoms. The third-order valence-electron chi connectivity index (χ3n) is 18.1. The first-order valence-electron chi connectivity index (χ1n) is 38.0. The van der Waals surface area contributed by atoms with E-state index < -0.39 is 12.1 Å². The third-order valence-corrected chi connectivity index (χ3v) is 18.1. The molecule has 0 aliphatic carbocycles. The highest BCUT2D eigenvalue weighted by atomic mass is 16.5. The van der Waals surface area contributed by atoms with Crippen molar-refractivity contribution >= 4 is 11.9 Å². The molecule has 0 aromatic rings. The number of unbranched alkanes of at least 4 members (excludes halogenated alkanes) is 61. The Hall–Kier alpha value is -1.40. The fourth-order valence-electron chi connectivity index (χ4n) is 12.3. The normalized spacial score (nSPS) is 12.5. The summed E-state index contributed by atoms with van der Waals surface area (Å²) >= 11 is 0. The van der Waals surface area contributed by atoms with E-state index in [0.717, 1.165) is 38.5 Å². The highest BCUT2D eigenvalue weighted by Gasteiger charge is 2.18. The zero-order chi connectivity index (χ0) is 59.2. The van der Waals surface area contributed by atoms with Gasteiger partial charge in [0.05, 0.1) is 25.4 Å². The molecule has 6 nitrogen and oxygen atoms in total. The number of esters is 1. The fraction of sp³-hybridized carbons (Fsp3) is 0.947. The number of aliphatic hydroxyl groups excluding tert-OH is 2. The fourth-order valence-corrected chi connectivity index (χ4v) is 12.3. The minimum Gasteiger partial charge on any atom is -0.466 e.